The smallest absolute Gasteiger partial charge is 0.321 e. The molecule has 0 atom stereocenters. The van der Waals surface area contributed by atoms with Gasteiger partial charge >= 0.3 is 5.97 Å². The number of benzene rings is 2. The second kappa shape index (κ2) is 8.17. The summed E-state index contributed by atoms with van der Waals surface area (Å²) in [6.45, 7) is 0. The van der Waals surface area contributed by atoms with Crippen LogP contribution in [-0.4, -0.2) is 29.0 Å². The van der Waals surface area contributed by atoms with Gasteiger partial charge in [0.1, 0.15) is 17.3 Å². The van der Waals surface area contributed by atoms with E-state index in [4.69, 9.17) is 13.9 Å². The summed E-state index contributed by atoms with van der Waals surface area (Å²) in [4.78, 5) is 11.9. The fourth-order valence-electron chi connectivity index (χ4n) is 1.90. The molecule has 3 rings (SSSR count). The molecule has 25 heavy (non-hydrogen) atoms. The fraction of sp³-hybridized carbons (Fsp3) is 0.118. The molecule has 0 saturated carbocycles. The average Bonchev–Trinajstić information content (AvgIpc) is 3.10. The van der Waals surface area contributed by atoms with Gasteiger partial charge in [-0.1, -0.05) is 27.7 Å². The Hall–Kier alpha value is -2.32. The van der Waals surface area contributed by atoms with Crippen molar-refractivity contribution in [1.82, 2.24) is 10.2 Å². The first-order valence-electron chi connectivity index (χ1n) is 7.21. The van der Waals surface area contributed by atoms with Crippen LogP contribution in [0.3, 0.4) is 0 Å². The highest BCUT2D eigenvalue weighted by Crippen LogP contribution is 2.25. The summed E-state index contributed by atoms with van der Waals surface area (Å²) in [5.41, 5.74) is 0.809. The van der Waals surface area contributed by atoms with E-state index in [0.717, 1.165) is 21.8 Å². The number of carbonyl (C=O) groups is 1. The molecule has 3 aromatic rings. The van der Waals surface area contributed by atoms with Gasteiger partial charge in [-0.25, -0.2) is 0 Å². The number of nitrogens with zero attached hydrogens (tertiary/aromatic N) is 2. The monoisotopic (exact) mass is 420 g/mol. The normalized spacial score (nSPS) is 10.5. The lowest BCUT2D eigenvalue weighted by Crippen LogP contribution is -2.10. The van der Waals surface area contributed by atoms with Crippen LogP contribution in [0.1, 0.15) is 0 Å². The maximum absolute atomic E-state index is 11.9. The van der Waals surface area contributed by atoms with Crippen molar-refractivity contribution in [1.29, 1.82) is 0 Å². The number of thioether (sulfide) groups is 1. The summed E-state index contributed by atoms with van der Waals surface area (Å²) in [5.74, 6) is 1.21. The summed E-state index contributed by atoms with van der Waals surface area (Å²) >= 11 is 4.50. The standard InChI is InChI=1S/C17H13BrN2O4S/c1-22-13-6-8-14(9-7-13)23-15(21)10-25-17-20-19-16(24-17)11-2-4-12(18)5-3-11/h2-9H,10H2,1H3. The fourth-order valence-corrected chi connectivity index (χ4v) is 2.70. The van der Waals surface area contributed by atoms with E-state index in [1.807, 2.05) is 24.3 Å². The van der Waals surface area contributed by atoms with Crippen LogP contribution in [0.5, 0.6) is 11.5 Å². The SMILES string of the molecule is COc1ccc(OC(=O)CSc2nnc(-c3ccc(Br)cc3)o2)cc1. The molecule has 0 radical (unpaired) electrons. The molecule has 0 aliphatic carbocycles. The van der Waals surface area contributed by atoms with Crippen molar-refractivity contribution in [2.24, 2.45) is 0 Å². The van der Waals surface area contributed by atoms with E-state index < -0.39 is 5.97 Å². The van der Waals surface area contributed by atoms with Crippen LogP contribution >= 0.6 is 27.7 Å². The third kappa shape index (κ3) is 4.83. The zero-order valence-electron chi connectivity index (χ0n) is 13.1. The number of halogens is 1. The molecule has 0 aliphatic heterocycles. The highest BCUT2D eigenvalue weighted by Gasteiger charge is 2.12. The molecule has 1 heterocycles. The number of esters is 1. The van der Waals surface area contributed by atoms with E-state index in [-0.39, 0.29) is 5.75 Å². The van der Waals surface area contributed by atoms with Gasteiger partial charge < -0.3 is 13.9 Å². The van der Waals surface area contributed by atoms with Gasteiger partial charge in [-0.2, -0.15) is 0 Å². The summed E-state index contributed by atoms with van der Waals surface area (Å²) in [6.07, 6.45) is 0. The first-order chi connectivity index (χ1) is 12.1. The van der Waals surface area contributed by atoms with Gasteiger partial charge in [-0.3, -0.25) is 4.79 Å². The Bertz CT molecular complexity index is 850. The molecule has 0 unspecified atom stereocenters. The maximum Gasteiger partial charge on any atom is 0.321 e. The number of ether oxygens (including phenoxy) is 2. The van der Waals surface area contributed by atoms with E-state index in [0.29, 0.717) is 22.6 Å². The first kappa shape index (κ1) is 17.5. The van der Waals surface area contributed by atoms with Crippen molar-refractivity contribution in [3.63, 3.8) is 0 Å². The zero-order valence-corrected chi connectivity index (χ0v) is 15.5. The summed E-state index contributed by atoms with van der Waals surface area (Å²) in [7, 11) is 1.57. The largest absolute Gasteiger partial charge is 0.497 e. The van der Waals surface area contributed by atoms with Crippen LogP contribution in [0.4, 0.5) is 0 Å². The van der Waals surface area contributed by atoms with Crippen LogP contribution < -0.4 is 9.47 Å². The predicted molar refractivity (Wildman–Crippen MR) is 96.8 cm³/mol. The highest BCUT2D eigenvalue weighted by atomic mass is 79.9. The molecule has 6 nitrogen and oxygen atoms in total. The number of hydrogen-bond donors (Lipinski definition) is 0. The van der Waals surface area contributed by atoms with Crippen LogP contribution in [0, 0.1) is 0 Å². The summed E-state index contributed by atoms with van der Waals surface area (Å²) in [6, 6.07) is 14.3. The minimum absolute atomic E-state index is 0.0635. The molecule has 8 heteroatoms. The van der Waals surface area contributed by atoms with Crippen molar-refractivity contribution in [2.45, 2.75) is 5.22 Å². The first-order valence-corrected chi connectivity index (χ1v) is 8.99. The number of carbonyl (C=O) groups excluding carboxylic acids is 1. The molecule has 0 N–H and O–H groups in total. The van der Waals surface area contributed by atoms with Gasteiger partial charge in [0.2, 0.25) is 5.89 Å². The van der Waals surface area contributed by atoms with Crippen molar-refractivity contribution in [3.05, 3.63) is 53.0 Å². The van der Waals surface area contributed by atoms with E-state index >= 15 is 0 Å². The van der Waals surface area contributed by atoms with Crippen LogP contribution in [0.15, 0.2) is 62.6 Å². The second-order valence-corrected chi connectivity index (χ2v) is 6.66. The topological polar surface area (TPSA) is 74.5 Å². The van der Waals surface area contributed by atoms with Gasteiger partial charge in [0.25, 0.3) is 5.22 Å². The minimum Gasteiger partial charge on any atom is -0.497 e. The number of aromatic nitrogens is 2. The van der Waals surface area contributed by atoms with E-state index in [1.165, 1.54) is 0 Å². The molecule has 2 aromatic carbocycles. The van der Waals surface area contributed by atoms with E-state index in [9.17, 15) is 4.79 Å². The van der Waals surface area contributed by atoms with Crippen molar-refractivity contribution in [2.75, 3.05) is 12.9 Å². The highest BCUT2D eigenvalue weighted by molar-refractivity contribution is 9.10. The van der Waals surface area contributed by atoms with Crippen molar-refractivity contribution < 1.29 is 18.7 Å². The number of rotatable bonds is 6. The van der Waals surface area contributed by atoms with Crippen LogP contribution in [-0.2, 0) is 4.79 Å². The number of hydrogen-bond acceptors (Lipinski definition) is 7. The Labute approximate surface area is 156 Å². The van der Waals surface area contributed by atoms with Gasteiger partial charge in [0.05, 0.1) is 7.11 Å². The lowest BCUT2D eigenvalue weighted by atomic mass is 10.2. The van der Waals surface area contributed by atoms with Crippen molar-refractivity contribution >= 4 is 33.7 Å². The van der Waals surface area contributed by atoms with E-state index in [1.54, 1.807) is 31.4 Å². The van der Waals surface area contributed by atoms with Gasteiger partial charge in [-0.05, 0) is 48.5 Å². The zero-order chi connectivity index (χ0) is 17.6. The quantitative estimate of drug-likeness (QED) is 0.335. The molecule has 0 fully saturated rings. The molecule has 0 saturated heterocycles. The molecular weight excluding hydrogens is 408 g/mol. The Kier molecular flexibility index (Phi) is 5.72. The molecule has 0 spiro atoms. The Morgan fingerprint density at radius 3 is 2.44 bits per heavy atom. The van der Waals surface area contributed by atoms with E-state index in [2.05, 4.69) is 26.1 Å². The second-order valence-electron chi connectivity index (χ2n) is 4.82. The molecule has 0 amide bonds. The third-order valence-electron chi connectivity index (χ3n) is 3.10. The lowest BCUT2D eigenvalue weighted by Gasteiger charge is -2.04. The molecule has 0 aliphatic rings. The Morgan fingerprint density at radius 1 is 1.08 bits per heavy atom. The Morgan fingerprint density at radius 2 is 1.76 bits per heavy atom. The third-order valence-corrected chi connectivity index (χ3v) is 4.42. The van der Waals surface area contributed by atoms with Gasteiger partial charge in [0.15, 0.2) is 0 Å². The lowest BCUT2D eigenvalue weighted by molar-refractivity contribution is -0.131. The summed E-state index contributed by atoms with van der Waals surface area (Å²) < 4.78 is 16.8. The molecule has 0 bridgehead atoms. The van der Waals surface area contributed by atoms with Crippen molar-refractivity contribution in [3.8, 4) is 23.0 Å². The Balaban J connectivity index is 1.54. The summed E-state index contributed by atoms with van der Waals surface area (Å²) in [5, 5.41) is 8.22. The van der Waals surface area contributed by atoms with Crippen LogP contribution in [0.2, 0.25) is 0 Å². The molecule has 1 aromatic heterocycles. The molecule has 128 valence electrons. The predicted octanol–water partition coefficient (Wildman–Crippen LogP) is 4.21. The van der Waals surface area contributed by atoms with Crippen LogP contribution in [0.25, 0.3) is 11.5 Å². The molecular formula is C17H13BrN2O4S. The maximum atomic E-state index is 11.9. The van der Waals surface area contributed by atoms with Gasteiger partial charge in [0, 0.05) is 10.0 Å². The average molecular weight is 421 g/mol. The van der Waals surface area contributed by atoms with Gasteiger partial charge in [-0.15, -0.1) is 10.2 Å². The number of methoxy groups -OCH3 is 1. The minimum atomic E-state index is -0.404.